The molecule has 2 aromatic rings. The van der Waals surface area contributed by atoms with Crippen LogP contribution in [0.25, 0.3) is 0 Å². The first-order chi connectivity index (χ1) is 19.1. The van der Waals surface area contributed by atoms with E-state index in [0.29, 0.717) is 11.8 Å². The van der Waals surface area contributed by atoms with Gasteiger partial charge in [0.2, 0.25) is 0 Å². The number of carbonyl (C=O) groups excluding carboxylic acids is 2. The number of benzene rings is 1. The van der Waals surface area contributed by atoms with Crippen LogP contribution >= 0.6 is 0 Å². The van der Waals surface area contributed by atoms with E-state index in [4.69, 9.17) is 13.9 Å². The molecule has 7 heteroatoms. The number of carbonyl (C=O) groups is 2. The maximum absolute atomic E-state index is 12.5. The predicted octanol–water partition coefficient (Wildman–Crippen LogP) is 5.54. The van der Waals surface area contributed by atoms with Gasteiger partial charge in [-0.05, 0) is 104 Å². The number of rotatable bonds is 4. The zero-order valence-electron chi connectivity index (χ0n) is 23.5. The molecular formula is C33H40O7. The van der Waals surface area contributed by atoms with Crippen LogP contribution in [0, 0.1) is 28.6 Å². The van der Waals surface area contributed by atoms with E-state index in [9.17, 15) is 19.5 Å². The summed E-state index contributed by atoms with van der Waals surface area (Å²) in [6, 6.07) is 12.6. The van der Waals surface area contributed by atoms with Crippen molar-refractivity contribution in [2.75, 3.05) is 0 Å². The fraction of sp³-hybridized carbons (Fsp3) is 0.606. The van der Waals surface area contributed by atoms with Gasteiger partial charge in [-0.25, -0.2) is 14.4 Å². The van der Waals surface area contributed by atoms with E-state index in [1.165, 1.54) is 6.07 Å². The molecule has 8 atom stereocenters. The lowest BCUT2D eigenvalue weighted by Gasteiger charge is -2.63. The Morgan fingerprint density at radius 2 is 1.73 bits per heavy atom. The minimum atomic E-state index is -0.942. The Bertz CT molecular complexity index is 1300. The maximum Gasteiger partial charge on any atom is 0.417 e. The Balaban J connectivity index is 1.11. The maximum atomic E-state index is 12.5. The second-order valence-electron chi connectivity index (χ2n) is 13.2. The van der Waals surface area contributed by atoms with Gasteiger partial charge in [0.05, 0.1) is 11.9 Å². The Labute approximate surface area is 235 Å². The summed E-state index contributed by atoms with van der Waals surface area (Å²) in [5.41, 5.74) is 0.543. The van der Waals surface area contributed by atoms with E-state index >= 15 is 0 Å². The van der Waals surface area contributed by atoms with E-state index in [0.717, 1.165) is 68.9 Å². The summed E-state index contributed by atoms with van der Waals surface area (Å²) in [7, 11) is 0. The molecule has 4 aliphatic carbocycles. The van der Waals surface area contributed by atoms with Crippen LogP contribution in [0.3, 0.4) is 0 Å². The standard InChI is InChI=1S/C33H40O7/c1-31-15-12-24(40-30(36)29(35)39-19-21-6-4-3-5-7-21)18-23(31)9-10-27-26(31)13-16-32(2)25(14-17-33(27,32)37)22-8-11-28(34)38-20-22/h3-8,11,20,23-27,37H,9-10,12-19H2,1-2H3/t23-,24+,25-,26+,27-,31+,32-,33+/m1/s1. The van der Waals surface area contributed by atoms with Crippen molar-refractivity contribution in [1.29, 1.82) is 0 Å². The lowest BCUT2D eigenvalue weighted by atomic mass is 9.43. The summed E-state index contributed by atoms with van der Waals surface area (Å²) >= 11 is 0. The molecular weight excluding hydrogens is 508 g/mol. The molecule has 40 heavy (non-hydrogen) atoms. The molecule has 1 aromatic carbocycles. The first-order valence-corrected chi connectivity index (χ1v) is 14.9. The normalized spacial score (nSPS) is 38.4. The highest BCUT2D eigenvalue weighted by Gasteiger charge is 2.67. The highest BCUT2D eigenvalue weighted by atomic mass is 16.6. The largest absolute Gasteiger partial charge is 0.454 e. The molecule has 1 heterocycles. The Hall–Kier alpha value is -2.93. The molecule has 0 aliphatic heterocycles. The number of ether oxygens (including phenoxy) is 2. The van der Waals surface area contributed by atoms with Gasteiger partial charge in [-0.1, -0.05) is 44.2 Å². The van der Waals surface area contributed by atoms with Crippen molar-refractivity contribution in [3.05, 3.63) is 70.3 Å². The lowest BCUT2D eigenvalue weighted by molar-refractivity contribution is -0.208. The van der Waals surface area contributed by atoms with Crippen LogP contribution in [0.2, 0.25) is 0 Å². The van der Waals surface area contributed by atoms with Gasteiger partial charge in [-0.3, -0.25) is 0 Å². The summed E-state index contributed by atoms with van der Waals surface area (Å²) in [5, 5.41) is 12.4. The van der Waals surface area contributed by atoms with Crippen molar-refractivity contribution in [1.82, 2.24) is 0 Å². The third-order valence-electron chi connectivity index (χ3n) is 11.6. The highest BCUT2D eigenvalue weighted by Crippen LogP contribution is 2.70. The molecule has 0 saturated heterocycles. The second-order valence-corrected chi connectivity index (χ2v) is 13.2. The van der Waals surface area contributed by atoms with E-state index in [1.807, 2.05) is 36.4 Å². The predicted molar refractivity (Wildman–Crippen MR) is 147 cm³/mol. The fourth-order valence-electron chi connectivity index (χ4n) is 9.38. The smallest absolute Gasteiger partial charge is 0.417 e. The molecule has 1 aromatic heterocycles. The molecule has 4 saturated carbocycles. The lowest BCUT2D eigenvalue weighted by Crippen LogP contribution is -2.62. The monoisotopic (exact) mass is 548 g/mol. The van der Waals surface area contributed by atoms with Gasteiger partial charge in [0.15, 0.2) is 0 Å². The summed E-state index contributed by atoms with van der Waals surface area (Å²) in [4.78, 5) is 36.4. The van der Waals surface area contributed by atoms with Gasteiger partial charge in [0, 0.05) is 11.5 Å². The van der Waals surface area contributed by atoms with Crippen molar-refractivity contribution < 1.29 is 28.6 Å². The van der Waals surface area contributed by atoms with E-state index in [-0.39, 0.29) is 41.0 Å². The van der Waals surface area contributed by atoms with E-state index in [1.54, 1.807) is 6.26 Å². The number of esters is 2. The molecule has 1 N–H and O–H groups in total. The number of fused-ring (bicyclic) bond motifs is 5. The van der Waals surface area contributed by atoms with Gasteiger partial charge in [0.1, 0.15) is 12.7 Å². The minimum Gasteiger partial charge on any atom is -0.454 e. The zero-order chi connectivity index (χ0) is 28.1. The van der Waals surface area contributed by atoms with Crippen LogP contribution in [0.5, 0.6) is 0 Å². The van der Waals surface area contributed by atoms with Crippen molar-refractivity contribution in [2.45, 2.75) is 95.9 Å². The van der Waals surface area contributed by atoms with Crippen LogP contribution in [0.1, 0.15) is 88.7 Å². The average Bonchev–Trinajstić information content (AvgIpc) is 3.24. The molecule has 0 radical (unpaired) electrons. The van der Waals surface area contributed by atoms with Gasteiger partial charge in [-0.15, -0.1) is 0 Å². The molecule has 0 amide bonds. The van der Waals surface area contributed by atoms with Crippen molar-refractivity contribution >= 4 is 11.9 Å². The zero-order valence-corrected chi connectivity index (χ0v) is 23.5. The summed E-state index contributed by atoms with van der Waals surface area (Å²) in [6.07, 6.45) is 9.26. The molecule has 0 bridgehead atoms. The SMILES string of the molecule is C[C@]12CC[C@H](OC(=O)C(=O)OCc3ccccc3)C[C@H]1CC[C@@H]1[C@@H]2CC[C@]2(C)[C@@H](c3ccc(=O)oc3)CC[C@]12O. The van der Waals surface area contributed by atoms with Gasteiger partial charge < -0.3 is 19.0 Å². The van der Waals surface area contributed by atoms with Gasteiger partial charge in [0.25, 0.3) is 0 Å². The molecule has 0 spiro atoms. The van der Waals surface area contributed by atoms with Crippen LogP contribution < -0.4 is 5.63 Å². The Kier molecular flexibility index (Phi) is 6.92. The van der Waals surface area contributed by atoms with Crippen LogP contribution in [0.15, 0.2) is 57.9 Å². The quantitative estimate of drug-likeness (QED) is 0.395. The van der Waals surface area contributed by atoms with Gasteiger partial charge in [-0.2, -0.15) is 0 Å². The highest BCUT2D eigenvalue weighted by molar-refractivity contribution is 6.29. The molecule has 0 unspecified atom stereocenters. The third-order valence-corrected chi connectivity index (χ3v) is 11.6. The number of hydrogen-bond acceptors (Lipinski definition) is 7. The topological polar surface area (TPSA) is 103 Å². The molecule has 4 fully saturated rings. The number of hydrogen-bond donors (Lipinski definition) is 1. The summed E-state index contributed by atoms with van der Waals surface area (Å²) in [6.45, 7) is 4.67. The van der Waals surface area contributed by atoms with Gasteiger partial charge >= 0.3 is 17.6 Å². The first-order valence-electron chi connectivity index (χ1n) is 14.9. The molecule has 6 rings (SSSR count). The molecule has 7 nitrogen and oxygen atoms in total. The van der Waals surface area contributed by atoms with Crippen molar-refractivity contribution in [3.63, 3.8) is 0 Å². The fourth-order valence-corrected chi connectivity index (χ4v) is 9.38. The Morgan fingerprint density at radius 3 is 2.48 bits per heavy atom. The summed E-state index contributed by atoms with van der Waals surface area (Å²) in [5.74, 6) is -0.665. The minimum absolute atomic E-state index is 0.0462. The van der Waals surface area contributed by atoms with Crippen LogP contribution in [0.4, 0.5) is 0 Å². The molecule has 4 aliphatic rings. The second kappa shape index (κ2) is 10.2. The average molecular weight is 549 g/mol. The Morgan fingerprint density at radius 1 is 0.925 bits per heavy atom. The first kappa shape index (κ1) is 27.3. The van der Waals surface area contributed by atoms with Crippen LogP contribution in [-0.4, -0.2) is 28.8 Å². The van der Waals surface area contributed by atoms with Crippen LogP contribution in [-0.2, 0) is 25.7 Å². The number of aliphatic hydroxyl groups is 1. The van der Waals surface area contributed by atoms with Crippen molar-refractivity contribution in [2.24, 2.45) is 28.6 Å². The third kappa shape index (κ3) is 4.41. The summed E-state index contributed by atoms with van der Waals surface area (Å²) < 4.78 is 16.0. The van der Waals surface area contributed by atoms with Crippen molar-refractivity contribution in [3.8, 4) is 0 Å². The molecule has 214 valence electrons. The van der Waals surface area contributed by atoms with E-state index in [2.05, 4.69) is 13.8 Å². The van der Waals surface area contributed by atoms with E-state index < -0.39 is 17.5 Å².